The van der Waals surface area contributed by atoms with Crippen LogP contribution in [-0.4, -0.2) is 93.7 Å². The minimum atomic E-state index is -1.08. The molecule has 11 heteroatoms. The molecule has 1 atom stereocenters. The van der Waals surface area contributed by atoms with Crippen LogP contribution >= 0.6 is 0 Å². The Morgan fingerprint density at radius 3 is 2.00 bits per heavy atom. The highest BCUT2D eigenvalue weighted by Crippen LogP contribution is 2.12. The van der Waals surface area contributed by atoms with E-state index in [1.165, 1.54) is 6.92 Å². The van der Waals surface area contributed by atoms with E-state index < -0.39 is 11.9 Å². The smallest absolute Gasteiger partial charge is 0.306 e. The van der Waals surface area contributed by atoms with Gasteiger partial charge < -0.3 is 34.2 Å². The minimum Gasteiger partial charge on any atom is -0.481 e. The summed E-state index contributed by atoms with van der Waals surface area (Å²) in [4.78, 5) is 57.0. The molecule has 0 heterocycles. The van der Waals surface area contributed by atoms with E-state index in [1.54, 1.807) is 0 Å². The lowest BCUT2D eigenvalue weighted by molar-refractivity contribution is -0.144. The molecule has 0 saturated heterocycles. The predicted molar refractivity (Wildman–Crippen MR) is 126 cm³/mol. The summed E-state index contributed by atoms with van der Waals surface area (Å²) in [5.74, 6) is -2.49. The molecule has 1 amide bonds. The molecule has 0 aromatic rings. The van der Waals surface area contributed by atoms with Crippen LogP contribution in [0.3, 0.4) is 0 Å². The van der Waals surface area contributed by atoms with Crippen molar-refractivity contribution >= 4 is 29.2 Å². The molecule has 0 bridgehead atoms. The third-order valence-electron chi connectivity index (χ3n) is 4.81. The molecule has 0 aliphatic heterocycles. The monoisotopic (exact) mass is 503 g/mol. The van der Waals surface area contributed by atoms with Crippen LogP contribution in [0.2, 0.25) is 0 Å². The van der Waals surface area contributed by atoms with E-state index in [0.717, 1.165) is 0 Å². The molecule has 0 rings (SSSR count). The molecule has 202 valence electrons. The van der Waals surface area contributed by atoms with Crippen molar-refractivity contribution in [1.29, 1.82) is 0 Å². The van der Waals surface area contributed by atoms with Crippen molar-refractivity contribution in [3.63, 3.8) is 0 Å². The topological polar surface area (TPSA) is 155 Å². The first-order valence-electron chi connectivity index (χ1n) is 12.0. The third-order valence-corrected chi connectivity index (χ3v) is 4.81. The summed E-state index contributed by atoms with van der Waals surface area (Å²) in [6.45, 7) is 7.22. The van der Waals surface area contributed by atoms with Crippen LogP contribution in [-0.2, 0) is 42.9 Å². The molecular weight excluding hydrogens is 462 g/mol. The van der Waals surface area contributed by atoms with E-state index in [2.05, 4.69) is 5.32 Å². The number of ether oxygens (including phenoxy) is 4. The molecule has 0 aromatic heterocycles. The average Bonchev–Trinajstić information content (AvgIpc) is 2.79. The van der Waals surface area contributed by atoms with Crippen molar-refractivity contribution in [3.05, 3.63) is 0 Å². The Kier molecular flexibility index (Phi) is 19.8. The SMILES string of the molecule is CC(=O)C[C@@H](CCC(=O)NCCOCCOCC(=O)CCCOCCOCC(=O)C(C)C)C(=O)O. The average molecular weight is 504 g/mol. The van der Waals surface area contributed by atoms with Gasteiger partial charge >= 0.3 is 5.97 Å². The van der Waals surface area contributed by atoms with Crippen LogP contribution in [0.15, 0.2) is 0 Å². The van der Waals surface area contributed by atoms with Gasteiger partial charge in [0, 0.05) is 38.3 Å². The Labute approximate surface area is 207 Å². The molecule has 0 fully saturated rings. The first-order valence-corrected chi connectivity index (χ1v) is 12.0. The molecule has 0 radical (unpaired) electrons. The standard InChI is InChI=1S/C24H41NO10/c1-18(2)22(28)17-35-14-11-32-9-4-5-21(27)16-34-13-12-33-10-8-25-23(29)7-6-20(24(30)31)15-19(3)26/h18,20H,4-17H2,1-3H3,(H,25,29)(H,30,31)/t20-/m1/s1. The van der Waals surface area contributed by atoms with Crippen LogP contribution in [0.1, 0.15) is 52.9 Å². The van der Waals surface area contributed by atoms with Gasteiger partial charge in [-0.25, -0.2) is 0 Å². The largest absolute Gasteiger partial charge is 0.481 e. The maximum atomic E-state index is 11.8. The molecule has 0 aromatic carbocycles. The molecule has 35 heavy (non-hydrogen) atoms. The Morgan fingerprint density at radius 2 is 1.40 bits per heavy atom. The molecule has 0 spiro atoms. The summed E-state index contributed by atoms with van der Waals surface area (Å²) < 4.78 is 21.1. The van der Waals surface area contributed by atoms with Gasteiger partial charge in [-0.2, -0.15) is 0 Å². The summed E-state index contributed by atoms with van der Waals surface area (Å²) in [5, 5.41) is 11.7. The highest BCUT2D eigenvalue weighted by molar-refractivity contribution is 5.83. The van der Waals surface area contributed by atoms with Gasteiger partial charge in [0.15, 0.2) is 11.6 Å². The van der Waals surface area contributed by atoms with Gasteiger partial charge in [-0.15, -0.1) is 0 Å². The van der Waals surface area contributed by atoms with Gasteiger partial charge in [-0.3, -0.25) is 19.2 Å². The number of carbonyl (C=O) groups excluding carboxylic acids is 4. The zero-order valence-corrected chi connectivity index (χ0v) is 21.2. The number of nitrogens with one attached hydrogen (secondary N) is 1. The zero-order valence-electron chi connectivity index (χ0n) is 21.2. The zero-order chi connectivity index (χ0) is 26.5. The molecule has 0 saturated carbocycles. The van der Waals surface area contributed by atoms with Gasteiger partial charge in [0.25, 0.3) is 0 Å². The molecular formula is C24H41NO10. The second kappa shape index (κ2) is 21.1. The summed E-state index contributed by atoms with van der Waals surface area (Å²) >= 11 is 0. The molecule has 2 N–H and O–H groups in total. The van der Waals surface area contributed by atoms with Crippen molar-refractivity contribution in [2.45, 2.75) is 52.9 Å². The van der Waals surface area contributed by atoms with Crippen LogP contribution in [0.25, 0.3) is 0 Å². The van der Waals surface area contributed by atoms with E-state index in [1.807, 2.05) is 13.8 Å². The van der Waals surface area contributed by atoms with Crippen molar-refractivity contribution in [1.82, 2.24) is 5.32 Å². The van der Waals surface area contributed by atoms with Crippen LogP contribution in [0.4, 0.5) is 0 Å². The summed E-state index contributed by atoms with van der Waals surface area (Å²) in [6.07, 6.45) is 0.957. The number of aliphatic carboxylic acids is 1. The second-order valence-electron chi connectivity index (χ2n) is 8.42. The van der Waals surface area contributed by atoms with Gasteiger partial charge in [-0.1, -0.05) is 13.8 Å². The Bertz CT molecular complexity index is 650. The lowest BCUT2D eigenvalue weighted by atomic mass is 9.97. The highest BCUT2D eigenvalue weighted by Gasteiger charge is 2.20. The van der Waals surface area contributed by atoms with E-state index in [9.17, 15) is 24.0 Å². The lowest BCUT2D eigenvalue weighted by Crippen LogP contribution is -2.29. The molecule has 11 nitrogen and oxygen atoms in total. The number of ketones is 3. The normalized spacial score (nSPS) is 11.9. The summed E-state index contributed by atoms with van der Waals surface area (Å²) in [7, 11) is 0. The maximum Gasteiger partial charge on any atom is 0.306 e. The molecule has 0 aliphatic carbocycles. The van der Waals surface area contributed by atoms with Gasteiger partial charge in [0.1, 0.15) is 19.0 Å². The Balaban J connectivity index is 3.52. The number of carbonyl (C=O) groups is 5. The van der Waals surface area contributed by atoms with E-state index in [-0.39, 0.29) is 88.0 Å². The Hall–Kier alpha value is -2.21. The predicted octanol–water partition coefficient (Wildman–Crippen LogP) is 1.20. The number of carboxylic acids is 1. The minimum absolute atomic E-state index is 0.00841. The highest BCUT2D eigenvalue weighted by atomic mass is 16.5. The Morgan fingerprint density at radius 1 is 0.800 bits per heavy atom. The summed E-state index contributed by atoms with van der Waals surface area (Å²) in [6, 6.07) is 0. The van der Waals surface area contributed by atoms with Gasteiger partial charge in [0.2, 0.25) is 5.91 Å². The molecule has 0 unspecified atom stereocenters. The first-order chi connectivity index (χ1) is 16.6. The number of rotatable bonds is 24. The number of carboxylic acid groups (broad SMARTS) is 1. The van der Waals surface area contributed by atoms with Crippen molar-refractivity contribution in [3.8, 4) is 0 Å². The van der Waals surface area contributed by atoms with Gasteiger partial charge in [-0.05, 0) is 19.8 Å². The quantitative estimate of drug-likeness (QED) is 0.184. The fourth-order valence-electron chi connectivity index (χ4n) is 2.72. The van der Waals surface area contributed by atoms with Crippen molar-refractivity contribution < 1.29 is 48.0 Å². The van der Waals surface area contributed by atoms with E-state index in [0.29, 0.717) is 32.7 Å². The fraction of sp³-hybridized carbons (Fsp3) is 0.792. The number of hydrogen-bond donors (Lipinski definition) is 2. The molecule has 0 aliphatic rings. The summed E-state index contributed by atoms with van der Waals surface area (Å²) in [5.41, 5.74) is 0. The third kappa shape index (κ3) is 20.8. The van der Waals surface area contributed by atoms with Crippen LogP contribution < -0.4 is 5.32 Å². The second-order valence-corrected chi connectivity index (χ2v) is 8.42. The number of hydrogen-bond acceptors (Lipinski definition) is 9. The van der Waals surface area contributed by atoms with E-state index in [4.69, 9.17) is 24.1 Å². The van der Waals surface area contributed by atoms with Crippen molar-refractivity contribution in [2.75, 3.05) is 59.4 Å². The number of Topliss-reactive ketones (excluding diaryl/α,β-unsaturated/α-hetero) is 3. The van der Waals surface area contributed by atoms with Gasteiger partial charge in [0.05, 0.1) is 39.0 Å². The maximum absolute atomic E-state index is 11.8. The van der Waals surface area contributed by atoms with Crippen molar-refractivity contribution in [2.24, 2.45) is 11.8 Å². The van der Waals surface area contributed by atoms with Crippen LogP contribution in [0.5, 0.6) is 0 Å². The first kappa shape index (κ1) is 32.8. The lowest BCUT2D eigenvalue weighted by Gasteiger charge is -2.11. The fourth-order valence-corrected chi connectivity index (χ4v) is 2.72. The van der Waals surface area contributed by atoms with E-state index >= 15 is 0 Å². The number of amides is 1. The van der Waals surface area contributed by atoms with Crippen LogP contribution in [0, 0.1) is 11.8 Å².